The number of fused-ring (bicyclic) bond motifs is 20. The van der Waals surface area contributed by atoms with Crippen molar-refractivity contribution in [2.75, 3.05) is 14.7 Å². The van der Waals surface area contributed by atoms with Gasteiger partial charge >= 0.3 is 0 Å². The minimum atomic E-state index is -1.94. The number of furan rings is 4. The van der Waals surface area contributed by atoms with Crippen LogP contribution < -0.4 is 25.1 Å². The summed E-state index contributed by atoms with van der Waals surface area (Å²) in [5, 5.41) is 24.2. The molecule has 0 unspecified atom stereocenters. The molecule has 678 valence electrons. The fraction of sp³-hybridized carbons (Fsp3) is 0.0147. The summed E-state index contributed by atoms with van der Waals surface area (Å²) in [5.74, 6) is 0. The van der Waals surface area contributed by atoms with Gasteiger partial charge in [-0.05, 0) is 277 Å². The molecule has 7 nitrogen and oxygen atoms in total. The zero-order valence-electron chi connectivity index (χ0n) is 79.0. The summed E-state index contributed by atoms with van der Waals surface area (Å²) in [7, 11) is -1.94. The molecular formula is C136H91N3O4Si. The van der Waals surface area contributed by atoms with Crippen molar-refractivity contribution in [3.63, 3.8) is 0 Å². The van der Waals surface area contributed by atoms with Crippen LogP contribution in [0.25, 0.3) is 208 Å². The van der Waals surface area contributed by atoms with Crippen molar-refractivity contribution in [3.05, 3.63) is 516 Å². The second-order valence-electron chi connectivity index (χ2n) is 38.0. The second kappa shape index (κ2) is 35.1. The first-order valence-electron chi connectivity index (χ1n) is 49.3. The van der Waals surface area contributed by atoms with Gasteiger partial charge in [-0.1, -0.05) is 383 Å². The molecule has 5 heterocycles. The van der Waals surface area contributed by atoms with Gasteiger partial charge in [-0.15, -0.1) is 0 Å². The van der Waals surface area contributed by atoms with Crippen LogP contribution in [0.15, 0.2) is 533 Å². The maximum absolute atomic E-state index is 6.77. The predicted molar refractivity (Wildman–Crippen MR) is 609 cm³/mol. The van der Waals surface area contributed by atoms with Crippen LogP contribution in [0.1, 0.15) is 0 Å². The predicted octanol–water partition coefficient (Wildman–Crippen LogP) is 38.0. The van der Waals surface area contributed by atoms with Crippen LogP contribution >= 0.6 is 0 Å². The molecule has 29 rings (SSSR count). The van der Waals surface area contributed by atoms with E-state index >= 15 is 0 Å². The molecule has 0 aliphatic carbocycles. The Labute approximate surface area is 833 Å². The van der Waals surface area contributed by atoms with Crippen molar-refractivity contribution in [3.8, 4) is 66.8 Å². The zero-order valence-corrected chi connectivity index (χ0v) is 80.0. The standard InChI is InChI=1S/C48H33NO2Si.2C44H29NO/c1-52(2)45-23-8-6-15-35(45)36-26-24-32(29-46(36)52)49(40-19-11-22-44-48(40)38-16-5-7-20-41(38)50-44)31-25-27-42-39(28-31)47-37(18-10-21-43(47)51-42)34-17-9-13-30-12-3-4-14-33(30)34;1-2-15-35(16-3-1)45(36-27-25-31(26-28-36)34-24-23-30-11-4-5-13-33(30)29-34)41-21-9-20-40-43-39(19-10-22-42(43)46-44(40)41)38-18-8-14-32-12-6-7-17-37(32)38;1-2-15-35(16-3-1)45(36-27-25-31(26-28-36)34-24-23-30-11-4-5-13-33(30)29-34)40-20-10-22-42-44(40)43-39(19-9-21-41(43)46-42)38-18-8-14-32-12-6-7-17-37(32)38/h3-29H,1-2H3;2*1-29H. The maximum Gasteiger partial charge on any atom is 0.159 e. The highest BCUT2D eigenvalue weighted by Gasteiger charge is 2.38. The molecule has 0 radical (unpaired) electrons. The number of nitrogens with zero attached hydrogens (tertiary/aromatic N) is 3. The first-order chi connectivity index (χ1) is 71.2. The Morgan fingerprint density at radius 1 is 0.160 bits per heavy atom. The summed E-state index contributed by atoms with van der Waals surface area (Å²) < 4.78 is 26.4. The molecule has 0 bridgehead atoms. The van der Waals surface area contributed by atoms with Gasteiger partial charge in [0.05, 0.1) is 27.8 Å². The summed E-state index contributed by atoms with van der Waals surface area (Å²) in [6, 6.07) is 184. The zero-order chi connectivity index (χ0) is 95.5. The summed E-state index contributed by atoms with van der Waals surface area (Å²) >= 11 is 0. The van der Waals surface area contributed by atoms with Crippen LogP contribution in [-0.2, 0) is 0 Å². The van der Waals surface area contributed by atoms with Crippen LogP contribution in [0, 0.1) is 0 Å². The van der Waals surface area contributed by atoms with E-state index in [-0.39, 0.29) is 0 Å². The second-order valence-corrected chi connectivity index (χ2v) is 42.3. The van der Waals surface area contributed by atoms with Crippen molar-refractivity contribution in [1.82, 2.24) is 0 Å². The van der Waals surface area contributed by atoms with Gasteiger partial charge in [-0.2, -0.15) is 0 Å². The van der Waals surface area contributed by atoms with E-state index in [0.717, 1.165) is 139 Å². The lowest BCUT2D eigenvalue weighted by Gasteiger charge is -2.28. The molecule has 0 saturated carbocycles. The third kappa shape index (κ3) is 14.6. The lowest BCUT2D eigenvalue weighted by Crippen LogP contribution is -2.49. The van der Waals surface area contributed by atoms with Crippen molar-refractivity contribution in [1.29, 1.82) is 0 Å². The van der Waals surface area contributed by atoms with Gasteiger partial charge in [0.15, 0.2) is 5.58 Å². The van der Waals surface area contributed by atoms with Gasteiger partial charge in [0.2, 0.25) is 0 Å². The molecule has 0 spiro atoms. The van der Waals surface area contributed by atoms with E-state index < -0.39 is 8.07 Å². The van der Waals surface area contributed by atoms with Crippen LogP contribution in [0.4, 0.5) is 51.2 Å². The largest absolute Gasteiger partial charge is 0.456 e. The quantitative estimate of drug-likeness (QED) is 0.101. The minimum Gasteiger partial charge on any atom is -0.456 e. The third-order valence-electron chi connectivity index (χ3n) is 29.4. The highest BCUT2D eigenvalue weighted by atomic mass is 28.3. The molecule has 4 aromatic heterocycles. The number of benzene rings is 24. The molecule has 0 fully saturated rings. The number of anilines is 9. The van der Waals surface area contributed by atoms with Crippen LogP contribution in [0.2, 0.25) is 13.1 Å². The van der Waals surface area contributed by atoms with Gasteiger partial charge in [0.1, 0.15) is 47.2 Å². The number of hydrogen-bond donors (Lipinski definition) is 0. The first-order valence-corrected chi connectivity index (χ1v) is 52.3. The van der Waals surface area contributed by atoms with Gasteiger partial charge < -0.3 is 32.4 Å². The molecule has 0 saturated heterocycles. The van der Waals surface area contributed by atoms with Gasteiger partial charge in [-0.3, -0.25) is 0 Å². The maximum atomic E-state index is 6.77. The molecule has 144 heavy (non-hydrogen) atoms. The summed E-state index contributed by atoms with van der Waals surface area (Å²) in [5.41, 5.74) is 31.3. The van der Waals surface area contributed by atoms with Gasteiger partial charge in [-0.25, -0.2) is 0 Å². The molecule has 0 N–H and O–H groups in total. The van der Waals surface area contributed by atoms with E-state index in [2.05, 4.69) is 537 Å². The van der Waals surface area contributed by atoms with Crippen molar-refractivity contribution in [2.24, 2.45) is 0 Å². The average molecular weight is 1860 g/mol. The van der Waals surface area contributed by atoms with Crippen molar-refractivity contribution in [2.45, 2.75) is 13.1 Å². The highest BCUT2D eigenvalue weighted by Crippen LogP contribution is 2.53. The van der Waals surface area contributed by atoms with Gasteiger partial charge in [0, 0.05) is 66.4 Å². The Morgan fingerprint density at radius 2 is 0.486 bits per heavy atom. The molecule has 24 aromatic carbocycles. The smallest absolute Gasteiger partial charge is 0.159 e. The van der Waals surface area contributed by atoms with E-state index in [1.807, 2.05) is 6.07 Å². The van der Waals surface area contributed by atoms with Gasteiger partial charge in [0.25, 0.3) is 0 Å². The number of para-hydroxylation sites is 4. The molecule has 0 amide bonds. The topological polar surface area (TPSA) is 62.3 Å². The van der Waals surface area contributed by atoms with Crippen molar-refractivity contribution < 1.29 is 17.7 Å². The molecule has 0 atom stereocenters. The van der Waals surface area contributed by atoms with E-state index in [9.17, 15) is 0 Å². The Hall–Kier alpha value is -18.6. The third-order valence-corrected chi connectivity index (χ3v) is 32.9. The first kappa shape index (κ1) is 84.7. The van der Waals surface area contributed by atoms with E-state index in [1.54, 1.807) is 0 Å². The Balaban J connectivity index is 0.000000108. The number of hydrogen-bond acceptors (Lipinski definition) is 7. The average Bonchev–Trinajstić information content (AvgIpc) is 1.56. The molecule has 1 aliphatic heterocycles. The monoisotopic (exact) mass is 1860 g/mol. The highest BCUT2D eigenvalue weighted by molar-refractivity contribution is 7.03. The van der Waals surface area contributed by atoms with E-state index in [0.29, 0.717) is 0 Å². The molecule has 28 aromatic rings. The van der Waals surface area contributed by atoms with E-state index in [1.165, 1.54) is 131 Å². The van der Waals surface area contributed by atoms with Crippen molar-refractivity contribution >= 4 is 211 Å². The Bertz CT molecular complexity index is 9900. The Morgan fingerprint density at radius 3 is 1.05 bits per heavy atom. The molecular weight excluding hydrogens is 1770 g/mol. The lowest BCUT2D eigenvalue weighted by molar-refractivity contribution is 0.668. The fourth-order valence-electron chi connectivity index (χ4n) is 22.6. The fourth-order valence-corrected chi connectivity index (χ4v) is 25.7. The van der Waals surface area contributed by atoms with Crippen LogP contribution in [0.5, 0.6) is 0 Å². The van der Waals surface area contributed by atoms with E-state index in [4.69, 9.17) is 17.7 Å². The SMILES string of the molecule is C[Si]1(C)c2ccccc2-c2ccc(N(c3ccc4oc5cccc(-c6cccc7ccccc67)c5c4c3)c3cccc4oc5ccccc5c34)cc21.c1ccc(N(c2ccc(-c3ccc4ccccc4c3)cc2)c2cccc3c2oc2cccc(-c4cccc5ccccc45)c23)cc1.c1ccc(N(c2ccc(-c3ccc4ccccc4c3)cc2)c2cccc3oc4cccc(-c5cccc6ccccc56)c4c23)cc1. The van der Waals surface area contributed by atoms with Crippen LogP contribution in [-0.4, -0.2) is 8.07 Å². The molecule has 8 heteroatoms. The summed E-state index contributed by atoms with van der Waals surface area (Å²) in [6.45, 7) is 4.96. The normalized spacial score (nSPS) is 12.2. The molecule has 1 aliphatic rings. The number of rotatable bonds is 14. The lowest BCUT2D eigenvalue weighted by atomic mass is 9.94. The van der Waals surface area contributed by atoms with Crippen LogP contribution in [0.3, 0.4) is 0 Å². The Kier molecular flexibility index (Phi) is 20.6. The minimum absolute atomic E-state index is 0.868. The summed E-state index contributed by atoms with van der Waals surface area (Å²) in [4.78, 5) is 7.07. The summed E-state index contributed by atoms with van der Waals surface area (Å²) in [6.07, 6.45) is 0.